The molecule has 0 spiro atoms. The van der Waals surface area contributed by atoms with Gasteiger partial charge >= 0.3 is 0 Å². The Morgan fingerprint density at radius 3 is 2.76 bits per heavy atom. The fourth-order valence-corrected chi connectivity index (χ4v) is 3.49. The first-order chi connectivity index (χ1) is 12.0. The van der Waals surface area contributed by atoms with Crippen molar-refractivity contribution in [3.05, 3.63) is 41.1 Å². The van der Waals surface area contributed by atoms with Crippen molar-refractivity contribution in [2.75, 3.05) is 5.75 Å². The lowest BCUT2D eigenvalue weighted by Crippen LogP contribution is -2.06. The second kappa shape index (κ2) is 7.31. The highest BCUT2D eigenvalue weighted by atomic mass is 32.2. The average Bonchev–Trinajstić information content (AvgIpc) is 3.28. The number of ketones is 1. The summed E-state index contributed by atoms with van der Waals surface area (Å²) in [5.74, 6) is 1.46. The zero-order valence-electron chi connectivity index (χ0n) is 14.8. The molecule has 7 heteroatoms. The van der Waals surface area contributed by atoms with E-state index in [-0.39, 0.29) is 11.5 Å². The molecule has 0 aliphatic rings. The summed E-state index contributed by atoms with van der Waals surface area (Å²) in [6.45, 7) is 8.92. The van der Waals surface area contributed by atoms with Gasteiger partial charge in [0.1, 0.15) is 5.76 Å². The largest absolute Gasteiger partial charge is 0.469 e. The number of hydrogen-bond acceptors (Lipinski definition) is 6. The summed E-state index contributed by atoms with van der Waals surface area (Å²) in [7, 11) is 0. The van der Waals surface area contributed by atoms with Crippen molar-refractivity contribution in [2.45, 2.75) is 45.9 Å². The zero-order valence-corrected chi connectivity index (χ0v) is 15.6. The van der Waals surface area contributed by atoms with Gasteiger partial charge in [-0.15, -0.1) is 10.2 Å². The standard InChI is InChI=1S/C18H21N3O3S/c1-5-7-21-11(2)9-15(12(21)3)16(22)10-25-18-20-19-17(24-18)14-6-8-23-13(14)4/h6,8-9H,5,7,10H2,1-4H3. The molecule has 25 heavy (non-hydrogen) atoms. The number of carbonyl (C=O) groups excluding carboxylic acids is 1. The lowest BCUT2D eigenvalue weighted by Gasteiger charge is -2.07. The fraction of sp³-hybridized carbons (Fsp3) is 0.389. The lowest BCUT2D eigenvalue weighted by atomic mass is 10.2. The van der Waals surface area contributed by atoms with Crippen LogP contribution in [-0.2, 0) is 6.54 Å². The Labute approximate surface area is 150 Å². The SMILES string of the molecule is CCCn1c(C)cc(C(=O)CSc2nnc(-c3ccoc3C)o2)c1C. The van der Waals surface area contributed by atoms with Gasteiger partial charge in [0.15, 0.2) is 5.78 Å². The molecule has 0 saturated heterocycles. The molecule has 0 aromatic carbocycles. The molecule has 3 heterocycles. The number of nitrogens with zero attached hydrogens (tertiary/aromatic N) is 3. The molecule has 132 valence electrons. The summed E-state index contributed by atoms with van der Waals surface area (Å²) < 4.78 is 13.0. The minimum atomic E-state index is 0.0692. The summed E-state index contributed by atoms with van der Waals surface area (Å²) >= 11 is 1.25. The van der Waals surface area contributed by atoms with E-state index in [1.54, 1.807) is 12.3 Å². The minimum Gasteiger partial charge on any atom is -0.469 e. The molecule has 0 aliphatic heterocycles. The van der Waals surface area contributed by atoms with Gasteiger partial charge in [0.2, 0.25) is 0 Å². The predicted octanol–water partition coefficient (Wildman–Crippen LogP) is 4.44. The van der Waals surface area contributed by atoms with Gasteiger partial charge in [-0.25, -0.2) is 0 Å². The predicted molar refractivity (Wildman–Crippen MR) is 96.0 cm³/mol. The molecule has 6 nitrogen and oxygen atoms in total. The molecule has 0 bridgehead atoms. The lowest BCUT2D eigenvalue weighted by molar-refractivity contribution is 0.102. The maximum atomic E-state index is 12.6. The molecule has 0 fully saturated rings. The molecular formula is C18H21N3O3S. The first-order valence-corrected chi connectivity index (χ1v) is 9.20. The van der Waals surface area contributed by atoms with Crippen molar-refractivity contribution < 1.29 is 13.6 Å². The van der Waals surface area contributed by atoms with Crippen molar-refractivity contribution >= 4 is 17.5 Å². The second-order valence-electron chi connectivity index (χ2n) is 5.91. The van der Waals surface area contributed by atoms with Crippen molar-refractivity contribution in [3.8, 4) is 11.5 Å². The smallest absolute Gasteiger partial charge is 0.277 e. The maximum Gasteiger partial charge on any atom is 0.277 e. The van der Waals surface area contributed by atoms with Gasteiger partial charge in [-0.3, -0.25) is 4.79 Å². The van der Waals surface area contributed by atoms with Crippen molar-refractivity contribution in [1.29, 1.82) is 0 Å². The molecule has 0 N–H and O–H groups in total. The van der Waals surface area contributed by atoms with E-state index in [4.69, 9.17) is 8.83 Å². The molecule has 3 aromatic rings. The molecule has 0 aliphatic carbocycles. The van der Waals surface area contributed by atoms with Crippen LogP contribution in [0.1, 0.15) is 40.9 Å². The van der Waals surface area contributed by atoms with Crippen molar-refractivity contribution in [3.63, 3.8) is 0 Å². The van der Waals surface area contributed by atoms with Gasteiger partial charge in [-0.1, -0.05) is 18.7 Å². The topological polar surface area (TPSA) is 74.1 Å². The van der Waals surface area contributed by atoms with Gasteiger partial charge < -0.3 is 13.4 Å². The van der Waals surface area contributed by atoms with Gasteiger partial charge in [0, 0.05) is 23.5 Å². The summed E-state index contributed by atoms with van der Waals surface area (Å²) in [4.78, 5) is 12.6. The highest BCUT2D eigenvalue weighted by Gasteiger charge is 2.18. The van der Waals surface area contributed by atoms with E-state index >= 15 is 0 Å². The van der Waals surface area contributed by atoms with Crippen LogP contribution in [0.5, 0.6) is 0 Å². The Hall–Kier alpha value is -2.28. The molecule has 3 rings (SSSR count). The summed E-state index contributed by atoms with van der Waals surface area (Å²) in [5, 5.41) is 8.40. The summed E-state index contributed by atoms with van der Waals surface area (Å²) in [6.07, 6.45) is 2.62. The fourth-order valence-electron chi connectivity index (χ4n) is 2.84. The van der Waals surface area contributed by atoms with E-state index in [1.165, 1.54) is 11.8 Å². The minimum absolute atomic E-state index is 0.0692. The van der Waals surface area contributed by atoms with Crippen LogP contribution >= 0.6 is 11.8 Å². The third kappa shape index (κ3) is 3.56. The Balaban J connectivity index is 1.68. The highest BCUT2D eigenvalue weighted by Crippen LogP contribution is 2.27. The molecular weight excluding hydrogens is 338 g/mol. The van der Waals surface area contributed by atoms with Crippen molar-refractivity contribution in [1.82, 2.24) is 14.8 Å². The van der Waals surface area contributed by atoms with Crippen LogP contribution in [-0.4, -0.2) is 26.3 Å². The third-order valence-electron chi connectivity index (χ3n) is 4.14. The molecule has 0 radical (unpaired) electrons. The zero-order chi connectivity index (χ0) is 18.0. The van der Waals surface area contributed by atoms with Crippen molar-refractivity contribution in [2.24, 2.45) is 0 Å². The summed E-state index contributed by atoms with van der Waals surface area (Å²) in [6, 6.07) is 3.74. The van der Waals surface area contributed by atoms with Crippen LogP contribution in [0.25, 0.3) is 11.5 Å². The molecule has 3 aromatic heterocycles. The van der Waals surface area contributed by atoms with Crippen LogP contribution in [0.4, 0.5) is 0 Å². The number of rotatable bonds is 7. The Morgan fingerprint density at radius 2 is 2.08 bits per heavy atom. The quantitative estimate of drug-likeness (QED) is 0.458. The van der Waals surface area contributed by atoms with Crippen LogP contribution in [0, 0.1) is 20.8 Å². The van der Waals surface area contributed by atoms with Gasteiger partial charge in [0.05, 0.1) is 17.6 Å². The highest BCUT2D eigenvalue weighted by molar-refractivity contribution is 7.99. The monoisotopic (exact) mass is 359 g/mol. The Bertz CT molecular complexity index is 891. The first kappa shape index (κ1) is 17.5. The van der Waals surface area contributed by atoms with E-state index in [0.717, 1.165) is 41.2 Å². The van der Waals surface area contributed by atoms with Crippen LogP contribution < -0.4 is 0 Å². The Morgan fingerprint density at radius 1 is 1.28 bits per heavy atom. The first-order valence-electron chi connectivity index (χ1n) is 8.22. The van der Waals surface area contributed by atoms with E-state index in [0.29, 0.717) is 11.1 Å². The average molecular weight is 359 g/mol. The number of aromatic nitrogens is 3. The number of aryl methyl sites for hydroxylation is 2. The van der Waals surface area contributed by atoms with E-state index in [1.807, 2.05) is 26.8 Å². The van der Waals surface area contributed by atoms with Gasteiger partial charge in [-0.05, 0) is 39.3 Å². The van der Waals surface area contributed by atoms with E-state index < -0.39 is 0 Å². The van der Waals surface area contributed by atoms with Crippen LogP contribution in [0.15, 0.2) is 32.5 Å². The molecule has 0 saturated carbocycles. The Kier molecular flexibility index (Phi) is 5.13. The maximum absolute atomic E-state index is 12.6. The number of thioether (sulfide) groups is 1. The number of hydrogen-bond donors (Lipinski definition) is 0. The van der Waals surface area contributed by atoms with Crippen LogP contribution in [0.3, 0.4) is 0 Å². The van der Waals surface area contributed by atoms with E-state index in [9.17, 15) is 4.79 Å². The third-order valence-corrected chi connectivity index (χ3v) is 4.96. The summed E-state index contributed by atoms with van der Waals surface area (Å²) in [5.41, 5.74) is 3.67. The number of Topliss-reactive ketones (excluding diaryl/α,β-unsaturated/α-hetero) is 1. The van der Waals surface area contributed by atoms with E-state index in [2.05, 4.69) is 21.7 Å². The van der Waals surface area contributed by atoms with Crippen LogP contribution in [0.2, 0.25) is 0 Å². The molecule has 0 amide bonds. The number of furan rings is 1. The molecule has 0 atom stereocenters. The normalized spacial score (nSPS) is 11.2. The van der Waals surface area contributed by atoms with Gasteiger partial charge in [0.25, 0.3) is 11.1 Å². The van der Waals surface area contributed by atoms with Gasteiger partial charge in [-0.2, -0.15) is 0 Å². The second-order valence-corrected chi connectivity index (χ2v) is 6.84. The molecule has 0 unspecified atom stereocenters. The number of carbonyl (C=O) groups is 1.